The second-order valence-corrected chi connectivity index (χ2v) is 5.09. The topological polar surface area (TPSA) is 83.8 Å². The van der Waals surface area contributed by atoms with Gasteiger partial charge in [0.1, 0.15) is 0 Å². The van der Waals surface area contributed by atoms with E-state index in [2.05, 4.69) is 0 Å². The number of esters is 1. The minimum Gasteiger partial charge on any atom is -0.463 e. The second kappa shape index (κ2) is 6.05. The minimum absolute atomic E-state index is 0.250. The zero-order chi connectivity index (χ0) is 12.1. The van der Waals surface area contributed by atoms with Crippen molar-refractivity contribution in [1.82, 2.24) is 0 Å². The van der Waals surface area contributed by atoms with Gasteiger partial charge in [0, 0.05) is 5.57 Å². The highest BCUT2D eigenvalue weighted by atomic mass is 31.2. The SMILES string of the molecule is CCOC(=O)C(=CC(C)P(=O)(O)O)CC. The molecule has 0 aliphatic rings. The Balaban J connectivity index is 4.74. The van der Waals surface area contributed by atoms with Crippen LogP contribution in [-0.2, 0) is 14.1 Å². The maximum atomic E-state index is 11.3. The Hall–Kier alpha value is -0.640. The van der Waals surface area contributed by atoms with Gasteiger partial charge in [-0.2, -0.15) is 0 Å². The Bertz CT molecular complexity index is 291. The summed E-state index contributed by atoms with van der Waals surface area (Å²) in [6.07, 6.45) is 1.67. The molecule has 1 unspecified atom stereocenters. The van der Waals surface area contributed by atoms with Crippen LogP contribution >= 0.6 is 7.60 Å². The van der Waals surface area contributed by atoms with Crippen LogP contribution in [0, 0.1) is 0 Å². The lowest BCUT2D eigenvalue weighted by Crippen LogP contribution is -2.10. The van der Waals surface area contributed by atoms with Gasteiger partial charge in [0.05, 0.1) is 12.3 Å². The smallest absolute Gasteiger partial charge is 0.333 e. The molecule has 0 saturated heterocycles. The average Bonchev–Trinajstić information content (AvgIpc) is 2.12. The highest BCUT2D eigenvalue weighted by Gasteiger charge is 2.23. The largest absolute Gasteiger partial charge is 0.463 e. The standard InChI is InChI=1S/C9H17O5P/c1-4-8(9(10)14-5-2)6-7(3)15(11,12)13/h6-7H,4-5H2,1-3H3,(H2,11,12,13). The molecule has 0 aliphatic heterocycles. The Morgan fingerprint density at radius 2 is 2.00 bits per heavy atom. The van der Waals surface area contributed by atoms with Crippen LogP contribution in [0.25, 0.3) is 0 Å². The molecule has 0 spiro atoms. The molecule has 1 atom stereocenters. The molecule has 5 nitrogen and oxygen atoms in total. The van der Waals surface area contributed by atoms with Gasteiger partial charge in [0.2, 0.25) is 0 Å². The molecule has 0 heterocycles. The molecule has 2 N–H and O–H groups in total. The molecule has 0 aromatic carbocycles. The van der Waals surface area contributed by atoms with Gasteiger partial charge in [-0.3, -0.25) is 4.57 Å². The summed E-state index contributed by atoms with van der Waals surface area (Å²) in [6.45, 7) is 5.03. The minimum atomic E-state index is -4.17. The van der Waals surface area contributed by atoms with Crippen molar-refractivity contribution in [3.8, 4) is 0 Å². The molecule has 0 aromatic heterocycles. The third kappa shape index (κ3) is 5.11. The molecule has 0 aliphatic carbocycles. The van der Waals surface area contributed by atoms with Crippen LogP contribution in [0.2, 0.25) is 0 Å². The van der Waals surface area contributed by atoms with E-state index in [9.17, 15) is 9.36 Å². The molecule has 15 heavy (non-hydrogen) atoms. The first-order valence-corrected chi connectivity index (χ1v) is 6.44. The molecule has 0 rings (SSSR count). The van der Waals surface area contributed by atoms with E-state index in [0.29, 0.717) is 12.0 Å². The number of hydrogen-bond acceptors (Lipinski definition) is 3. The van der Waals surface area contributed by atoms with Crippen molar-refractivity contribution >= 4 is 13.6 Å². The average molecular weight is 236 g/mol. The van der Waals surface area contributed by atoms with Gasteiger partial charge >= 0.3 is 13.6 Å². The van der Waals surface area contributed by atoms with Crippen LogP contribution in [0.3, 0.4) is 0 Å². The first kappa shape index (κ1) is 14.4. The molecular formula is C9H17O5P. The van der Waals surface area contributed by atoms with E-state index >= 15 is 0 Å². The van der Waals surface area contributed by atoms with Gasteiger partial charge in [-0.1, -0.05) is 13.0 Å². The Morgan fingerprint density at radius 1 is 1.47 bits per heavy atom. The summed E-state index contributed by atoms with van der Waals surface area (Å²) < 4.78 is 15.6. The Kier molecular flexibility index (Phi) is 5.80. The fourth-order valence-corrected chi connectivity index (χ4v) is 1.32. The number of hydrogen-bond donors (Lipinski definition) is 2. The van der Waals surface area contributed by atoms with Crippen molar-refractivity contribution < 1.29 is 23.9 Å². The lowest BCUT2D eigenvalue weighted by molar-refractivity contribution is -0.138. The van der Waals surface area contributed by atoms with Crippen LogP contribution < -0.4 is 0 Å². The Morgan fingerprint density at radius 3 is 2.33 bits per heavy atom. The lowest BCUT2D eigenvalue weighted by atomic mass is 10.2. The first-order chi connectivity index (χ1) is 6.82. The van der Waals surface area contributed by atoms with Gasteiger partial charge < -0.3 is 14.5 Å². The van der Waals surface area contributed by atoms with E-state index in [1.807, 2.05) is 0 Å². The maximum Gasteiger partial charge on any atom is 0.333 e. The van der Waals surface area contributed by atoms with E-state index in [0.717, 1.165) is 0 Å². The molecule has 0 fully saturated rings. The predicted octanol–water partition coefficient (Wildman–Crippen LogP) is 1.45. The van der Waals surface area contributed by atoms with Crippen LogP contribution in [-0.4, -0.2) is 28.0 Å². The van der Waals surface area contributed by atoms with E-state index in [1.165, 1.54) is 13.0 Å². The number of carbonyl (C=O) groups excluding carboxylic acids is 1. The van der Waals surface area contributed by atoms with Crippen molar-refractivity contribution in [2.75, 3.05) is 6.61 Å². The van der Waals surface area contributed by atoms with Gasteiger partial charge in [-0.05, 0) is 20.3 Å². The molecule has 0 amide bonds. The van der Waals surface area contributed by atoms with E-state index in [1.54, 1.807) is 13.8 Å². The van der Waals surface area contributed by atoms with Crippen molar-refractivity contribution in [1.29, 1.82) is 0 Å². The Labute approximate surface area is 89.3 Å². The monoisotopic (exact) mass is 236 g/mol. The molecule has 0 aromatic rings. The maximum absolute atomic E-state index is 11.3. The lowest BCUT2D eigenvalue weighted by Gasteiger charge is -2.11. The summed E-state index contributed by atoms with van der Waals surface area (Å²) in [5.74, 6) is -0.514. The van der Waals surface area contributed by atoms with Gasteiger partial charge in [-0.15, -0.1) is 0 Å². The summed E-state index contributed by atoms with van der Waals surface area (Å²) in [7, 11) is -4.17. The van der Waals surface area contributed by atoms with E-state index < -0.39 is 19.2 Å². The molecule has 0 saturated carbocycles. The van der Waals surface area contributed by atoms with Gasteiger partial charge in [-0.25, -0.2) is 4.79 Å². The van der Waals surface area contributed by atoms with Crippen molar-refractivity contribution in [3.05, 3.63) is 11.6 Å². The summed E-state index contributed by atoms with van der Waals surface area (Å²) in [5.41, 5.74) is -0.662. The normalized spacial score (nSPS) is 14.9. The summed E-state index contributed by atoms with van der Waals surface area (Å²) in [4.78, 5) is 29.0. The predicted molar refractivity (Wildman–Crippen MR) is 56.5 cm³/mol. The highest BCUT2D eigenvalue weighted by molar-refractivity contribution is 7.52. The summed E-state index contributed by atoms with van der Waals surface area (Å²) >= 11 is 0. The van der Waals surface area contributed by atoms with Crippen LogP contribution in [0.15, 0.2) is 11.6 Å². The molecular weight excluding hydrogens is 219 g/mol. The molecule has 0 radical (unpaired) electrons. The fraction of sp³-hybridized carbons (Fsp3) is 0.667. The summed E-state index contributed by atoms with van der Waals surface area (Å²) in [6, 6.07) is 0. The highest BCUT2D eigenvalue weighted by Crippen LogP contribution is 2.42. The van der Waals surface area contributed by atoms with Gasteiger partial charge in [0.25, 0.3) is 0 Å². The van der Waals surface area contributed by atoms with Crippen LogP contribution in [0.4, 0.5) is 0 Å². The van der Waals surface area contributed by atoms with Crippen molar-refractivity contribution in [2.24, 2.45) is 0 Å². The van der Waals surface area contributed by atoms with Crippen molar-refractivity contribution in [3.63, 3.8) is 0 Å². The zero-order valence-corrected chi connectivity index (χ0v) is 10.0. The van der Waals surface area contributed by atoms with Gasteiger partial charge in [0.15, 0.2) is 0 Å². The zero-order valence-electron chi connectivity index (χ0n) is 9.14. The summed E-state index contributed by atoms with van der Waals surface area (Å²) in [5, 5.41) is 0. The number of allylic oxidation sites excluding steroid dienone is 1. The molecule has 6 heteroatoms. The van der Waals surface area contributed by atoms with Crippen molar-refractivity contribution in [2.45, 2.75) is 32.9 Å². The quantitative estimate of drug-likeness (QED) is 0.429. The molecule has 88 valence electrons. The first-order valence-electron chi connectivity index (χ1n) is 4.75. The van der Waals surface area contributed by atoms with E-state index in [4.69, 9.17) is 14.5 Å². The molecule has 0 bridgehead atoms. The van der Waals surface area contributed by atoms with E-state index in [-0.39, 0.29) is 6.61 Å². The number of carbonyl (C=O) groups is 1. The number of rotatable bonds is 5. The third-order valence-electron chi connectivity index (χ3n) is 1.89. The second-order valence-electron chi connectivity index (χ2n) is 3.10. The van der Waals surface area contributed by atoms with Crippen LogP contribution in [0.5, 0.6) is 0 Å². The third-order valence-corrected chi connectivity index (χ3v) is 3.10. The number of ether oxygens (including phenoxy) is 1. The van der Waals surface area contributed by atoms with Crippen LogP contribution in [0.1, 0.15) is 27.2 Å². The fourth-order valence-electron chi connectivity index (χ4n) is 0.942.